The van der Waals surface area contributed by atoms with Gasteiger partial charge in [-0.3, -0.25) is 9.69 Å². The van der Waals surface area contributed by atoms with Crippen molar-refractivity contribution in [3.8, 4) is 10.8 Å². The maximum Gasteiger partial charge on any atom is 0.322 e. The van der Waals surface area contributed by atoms with E-state index >= 15 is 0 Å². The molecule has 112 valence electrons. The fraction of sp³-hybridized carbons (Fsp3) is 0.417. The molecule has 2 N–H and O–H groups in total. The summed E-state index contributed by atoms with van der Waals surface area (Å²) in [6.45, 7) is 2.16. The molecule has 0 aliphatic carbocycles. The number of aromatic nitrogens is 2. The lowest BCUT2D eigenvalue weighted by molar-refractivity contribution is -0.144. The second kappa shape index (κ2) is 6.22. The van der Waals surface area contributed by atoms with Gasteiger partial charge in [-0.05, 0) is 28.1 Å². The van der Waals surface area contributed by atoms with Crippen molar-refractivity contribution in [3.05, 3.63) is 21.8 Å². The second-order valence-electron chi connectivity index (χ2n) is 4.63. The zero-order valence-corrected chi connectivity index (χ0v) is 13.4. The van der Waals surface area contributed by atoms with E-state index in [0.717, 1.165) is 15.2 Å². The van der Waals surface area contributed by atoms with Gasteiger partial charge < -0.3 is 14.8 Å². The van der Waals surface area contributed by atoms with Gasteiger partial charge in [-0.15, -0.1) is 21.5 Å². The zero-order chi connectivity index (χ0) is 14.8. The van der Waals surface area contributed by atoms with Crippen LogP contribution >= 0.6 is 27.3 Å². The van der Waals surface area contributed by atoms with E-state index in [-0.39, 0.29) is 0 Å². The molecular weight excluding hydrogens is 360 g/mol. The summed E-state index contributed by atoms with van der Waals surface area (Å²) in [5, 5.41) is 20.3. The first kappa shape index (κ1) is 14.6. The Morgan fingerprint density at radius 1 is 1.57 bits per heavy atom. The second-order valence-corrected chi connectivity index (χ2v) is 7.10. The van der Waals surface area contributed by atoms with E-state index in [9.17, 15) is 9.90 Å². The first-order chi connectivity index (χ1) is 10.1. The van der Waals surface area contributed by atoms with Gasteiger partial charge in [0.1, 0.15) is 6.04 Å². The lowest BCUT2D eigenvalue weighted by Gasteiger charge is -2.32. The average molecular weight is 373 g/mol. The molecule has 21 heavy (non-hydrogen) atoms. The van der Waals surface area contributed by atoms with Crippen LogP contribution in [0.2, 0.25) is 0 Å². The Labute approximate surface area is 133 Å². The summed E-state index contributed by atoms with van der Waals surface area (Å²) in [5.41, 5.74) is 0. The molecule has 1 atom stereocenters. The number of hydrogen-bond acceptors (Lipinski definition) is 7. The maximum absolute atomic E-state index is 11.2. The van der Waals surface area contributed by atoms with Crippen LogP contribution in [0.4, 0.5) is 0 Å². The first-order valence-corrected chi connectivity index (χ1v) is 8.00. The van der Waals surface area contributed by atoms with E-state index in [1.165, 1.54) is 11.3 Å². The Kier molecular flexibility index (Phi) is 4.34. The molecule has 7 nitrogen and oxygen atoms in total. The number of thiophene rings is 1. The average Bonchev–Trinajstić information content (AvgIpc) is 3.08. The van der Waals surface area contributed by atoms with E-state index in [4.69, 9.17) is 4.42 Å². The Hall–Kier alpha value is -1.29. The number of carboxylic acids is 1. The highest BCUT2D eigenvalue weighted by Gasteiger charge is 2.29. The Morgan fingerprint density at radius 3 is 3.14 bits per heavy atom. The highest BCUT2D eigenvalue weighted by atomic mass is 79.9. The molecular formula is C12H13BrN4O3S. The normalized spacial score (nSPS) is 19.8. The van der Waals surface area contributed by atoms with Gasteiger partial charge in [-0.1, -0.05) is 0 Å². The number of hydrogen-bond donors (Lipinski definition) is 2. The molecule has 0 aromatic carbocycles. The van der Waals surface area contributed by atoms with Crippen molar-refractivity contribution in [3.63, 3.8) is 0 Å². The largest absolute Gasteiger partial charge is 0.480 e. The van der Waals surface area contributed by atoms with Gasteiger partial charge in [0, 0.05) is 19.6 Å². The van der Waals surface area contributed by atoms with Gasteiger partial charge >= 0.3 is 5.97 Å². The molecule has 0 bridgehead atoms. The van der Waals surface area contributed by atoms with Gasteiger partial charge in [0.15, 0.2) is 0 Å². The van der Waals surface area contributed by atoms with Crippen molar-refractivity contribution in [1.29, 1.82) is 0 Å². The minimum absolute atomic E-state index is 0.345. The van der Waals surface area contributed by atoms with Crippen LogP contribution in [0.1, 0.15) is 5.89 Å². The topological polar surface area (TPSA) is 91.5 Å². The Morgan fingerprint density at radius 2 is 2.43 bits per heavy atom. The van der Waals surface area contributed by atoms with Crippen LogP contribution in [0.25, 0.3) is 10.8 Å². The van der Waals surface area contributed by atoms with Crippen molar-refractivity contribution in [2.45, 2.75) is 12.6 Å². The van der Waals surface area contributed by atoms with Crippen LogP contribution in [0.15, 0.2) is 20.3 Å². The SMILES string of the molecule is O=C(O)C1CNCCN1Cc1nnc(-c2ccc(Br)s2)o1. The molecule has 0 saturated carbocycles. The predicted molar refractivity (Wildman–Crippen MR) is 80.0 cm³/mol. The van der Waals surface area contributed by atoms with E-state index in [2.05, 4.69) is 31.4 Å². The number of nitrogens with zero attached hydrogens (tertiary/aromatic N) is 3. The monoisotopic (exact) mass is 372 g/mol. The van der Waals surface area contributed by atoms with Crippen LogP contribution in [0, 0.1) is 0 Å². The Balaban J connectivity index is 1.73. The molecule has 2 aromatic rings. The fourth-order valence-electron chi connectivity index (χ4n) is 2.20. The summed E-state index contributed by atoms with van der Waals surface area (Å²) < 4.78 is 6.62. The number of carbonyl (C=O) groups is 1. The van der Waals surface area contributed by atoms with Crippen molar-refractivity contribution in [2.75, 3.05) is 19.6 Å². The van der Waals surface area contributed by atoms with Crippen LogP contribution in [0.3, 0.4) is 0 Å². The van der Waals surface area contributed by atoms with Crippen molar-refractivity contribution in [1.82, 2.24) is 20.4 Å². The highest BCUT2D eigenvalue weighted by Crippen LogP contribution is 2.30. The Bertz CT molecular complexity index is 644. The molecule has 2 aromatic heterocycles. The molecule has 1 saturated heterocycles. The van der Waals surface area contributed by atoms with E-state index in [1.807, 2.05) is 17.0 Å². The molecule has 3 heterocycles. The van der Waals surface area contributed by atoms with E-state index < -0.39 is 12.0 Å². The summed E-state index contributed by atoms with van der Waals surface area (Å²) in [6.07, 6.45) is 0. The number of piperazine rings is 1. The van der Waals surface area contributed by atoms with Crippen molar-refractivity contribution in [2.24, 2.45) is 0 Å². The summed E-state index contributed by atoms with van der Waals surface area (Å²) in [7, 11) is 0. The summed E-state index contributed by atoms with van der Waals surface area (Å²) in [4.78, 5) is 14.0. The third-order valence-corrected chi connectivity index (χ3v) is 4.84. The number of halogens is 1. The molecule has 9 heteroatoms. The van der Waals surface area contributed by atoms with E-state index in [1.54, 1.807) is 0 Å². The quantitative estimate of drug-likeness (QED) is 0.838. The minimum atomic E-state index is -0.843. The highest BCUT2D eigenvalue weighted by molar-refractivity contribution is 9.11. The number of aliphatic carboxylic acids is 1. The van der Waals surface area contributed by atoms with Crippen molar-refractivity contribution < 1.29 is 14.3 Å². The molecule has 1 aliphatic rings. The molecule has 1 fully saturated rings. The third kappa shape index (κ3) is 3.31. The number of carboxylic acid groups (broad SMARTS) is 1. The third-order valence-electron chi connectivity index (χ3n) is 3.23. The first-order valence-electron chi connectivity index (χ1n) is 6.39. The van der Waals surface area contributed by atoms with Crippen LogP contribution in [0.5, 0.6) is 0 Å². The summed E-state index contributed by atoms with van der Waals surface area (Å²) in [5.74, 6) is 0.0505. The molecule has 1 aliphatic heterocycles. The van der Waals surface area contributed by atoms with Crippen molar-refractivity contribution >= 4 is 33.2 Å². The lowest BCUT2D eigenvalue weighted by atomic mass is 10.2. The molecule has 3 rings (SSSR count). The van der Waals surface area contributed by atoms with Gasteiger partial charge in [0.05, 0.1) is 15.2 Å². The molecule has 0 radical (unpaired) electrons. The summed E-state index contributed by atoms with van der Waals surface area (Å²) in [6, 6.07) is 3.25. The fourth-order valence-corrected chi connectivity index (χ4v) is 3.51. The number of rotatable bonds is 4. The maximum atomic E-state index is 11.2. The standard InChI is InChI=1S/C12H13BrN4O3S/c13-9-2-1-8(21-9)11-16-15-10(20-11)6-17-4-3-14-5-7(17)12(18)19/h1-2,7,14H,3-6H2,(H,18,19). The smallest absolute Gasteiger partial charge is 0.322 e. The zero-order valence-electron chi connectivity index (χ0n) is 11.0. The molecule has 0 spiro atoms. The van der Waals surface area contributed by atoms with Crippen LogP contribution < -0.4 is 5.32 Å². The van der Waals surface area contributed by atoms with Gasteiger partial charge in [-0.25, -0.2) is 0 Å². The van der Waals surface area contributed by atoms with Crippen LogP contribution in [-0.2, 0) is 11.3 Å². The van der Waals surface area contributed by atoms with Gasteiger partial charge in [-0.2, -0.15) is 0 Å². The van der Waals surface area contributed by atoms with Crippen LogP contribution in [-0.4, -0.2) is 51.8 Å². The number of nitrogens with one attached hydrogen (secondary N) is 1. The van der Waals surface area contributed by atoms with Gasteiger partial charge in [0.2, 0.25) is 5.89 Å². The predicted octanol–water partition coefficient (Wildman–Crippen LogP) is 1.42. The minimum Gasteiger partial charge on any atom is -0.480 e. The van der Waals surface area contributed by atoms with E-state index in [0.29, 0.717) is 31.4 Å². The lowest BCUT2D eigenvalue weighted by Crippen LogP contribution is -2.54. The summed E-state index contributed by atoms with van der Waals surface area (Å²) >= 11 is 4.90. The molecule has 0 amide bonds. The van der Waals surface area contributed by atoms with Gasteiger partial charge in [0.25, 0.3) is 5.89 Å². The molecule has 1 unspecified atom stereocenters.